The molecule has 6 aromatic carbocycles. The monoisotopic (exact) mass is 844 g/mol. The van der Waals surface area contributed by atoms with Gasteiger partial charge in [-0.25, -0.2) is 0 Å². The lowest BCUT2D eigenvalue weighted by atomic mass is 9.68. The van der Waals surface area contributed by atoms with Gasteiger partial charge < -0.3 is 44.8 Å². The standard InChI is InChI=1S/C53H53BO9/c1-23-9-12-31(17-26(23)4)48-28(6)19-35-25(3)11-15-34(51(35)61-48)42-29(7)49(32-13-10-24(2)27(5)18-32)62-52-44(42)38(57)21-39(58)45(52)43-30(8)50(33-14-16-36(55)37(56)20-33)63-53-46(43)40(59)22-41(60)47(53)54/h9-18,20-22,28-30,42-43,48-50,55-60H,19H2,1-8H3. The quantitative estimate of drug-likeness (QED) is 0.0737. The van der Waals surface area contributed by atoms with Gasteiger partial charge in [-0.15, -0.1) is 0 Å². The topological polar surface area (TPSA) is 149 Å². The Kier molecular flexibility index (Phi) is 10.3. The first-order valence-electron chi connectivity index (χ1n) is 21.7. The number of hydrogen-bond donors (Lipinski definition) is 6. The maximum absolute atomic E-state index is 12.3. The number of fused-ring (bicyclic) bond motifs is 3. The Morgan fingerprint density at radius 1 is 0.444 bits per heavy atom. The summed E-state index contributed by atoms with van der Waals surface area (Å²) >= 11 is 0. The Hall–Kier alpha value is -6.42. The molecule has 9 nitrogen and oxygen atoms in total. The molecule has 8 atom stereocenters. The Morgan fingerprint density at radius 2 is 0.921 bits per heavy atom. The fourth-order valence-electron chi connectivity index (χ4n) is 10.5. The Morgan fingerprint density at radius 3 is 1.52 bits per heavy atom. The van der Waals surface area contributed by atoms with Crippen molar-refractivity contribution in [3.8, 4) is 51.7 Å². The van der Waals surface area contributed by atoms with E-state index in [1.165, 1.54) is 29.3 Å². The molecule has 0 saturated heterocycles. The van der Waals surface area contributed by atoms with Crippen LogP contribution in [0.3, 0.4) is 0 Å². The highest BCUT2D eigenvalue weighted by Gasteiger charge is 2.48. The van der Waals surface area contributed by atoms with Crippen LogP contribution in [-0.4, -0.2) is 38.5 Å². The van der Waals surface area contributed by atoms with E-state index in [0.717, 1.165) is 57.2 Å². The molecule has 8 unspecified atom stereocenters. The minimum atomic E-state index is -0.917. The number of aryl methyl sites for hydroxylation is 5. The van der Waals surface area contributed by atoms with Crippen LogP contribution < -0.4 is 19.7 Å². The Bertz CT molecular complexity index is 2830. The van der Waals surface area contributed by atoms with Crippen molar-refractivity contribution >= 4 is 13.3 Å². The minimum absolute atomic E-state index is 0.00617. The van der Waals surface area contributed by atoms with Gasteiger partial charge in [0.15, 0.2) is 11.5 Å². The van der Waals surface area contributed by atoms with Gasteiger partial charge in [-0.2, -0.15) is 0 Å². The second-order valence-corrected chi connectivity index (χ2v) is 18.3. The highest BCUT2D eigenvalue weighted by Crippen LogP contribution is 2.63. The van der Waals surface area contributed by atoms with Gasteiger partial charge in [-0.1, -0.05) is 75.4 Å². The predicted octanol–water partition coefficient (Wildman–Crippen LogP) is 10.4. The lowest BCUT2D eigenvalue weighted by molar-refractivity contribution is 0.0913. The number of phenolic OH excluding ortho intramolecular Hbond substituents is 6. The molecule has 2 radical (unpaired) electrons. The number of phenols is 6. The summed E-state index contributed by atoms with van der Waals surface area (Å²) in [6, 6.07) is 23.8. The lowest BCUT2D eigenvalue weighted by Crippen LogP contribution is -2.34. The van der Waals surface area contributed by atoms with Crippen molar-refractivity contribution in [3.05, 3.63) is 151 Å². The zero-order valence-corrected chi connectivity index (χ0v) is 36.8. The van der Waals surface area contributed by atoms with E-state index in [1.807, 2.05) is 6.92 Å². The maximum Gasteiger partial charge on any atom is 0.157 e. The first-order chi connectivity index (χ1) is 29.9. The van der Waals surface area contributed by atoms with Crippen LogP contribution in [0.5, 0.6) is 51.7 Å². The van der Waals surface area contributed by atoms with Crippen molar-refractivity contribution in [1.82, 2.24) is 0 Å². The van der Waals surface area contributed by atoms with Crippen LogP contribution in [0.15, 0.2) is 78.9 Å². The van der Waals surface area contributed by atoms with Gasteiger partial charge in [-0.05, 0) is 109 Å². The summed E-state index contributed by atoms with van der Waals surface area (Å²) in [6.07, 6.45) is -0.915. The molecule has 0 spiro atoms. The van der Waals surface area contributed by atoms with Crippen LogP contribution in [0.2, 0.25) is 0 Å². The van der Waals surface area contributed by atoms with Crippen molar-refractivity contribution in [2.45, 2.75) is 92.0 Å². The molecule has 0 aromatic heterocycles. The summed E-state index contributed by atoms with van der Waals surface area (Å²) in [5.41, 5.74) is 11.0. The molecule has 6 N–H and O–H groups in total. The molecule has 0 saturated carbocycles. The van der Waals surface area contributed by atoms with E-state index in [1.54, 1.807) is 6.07 Å². The molecule has 9 rings (SSSR count). The molecular formula is C53H53BO9. The molecule has 3 heterocycles. The third-order valence-corrected chi connectivity index (χ3v) is 14.3. The molecule has 3 aliphatic rings. The largest absolute Gasteiger partial charge is 0.508 e. The van der Waals surface area contributed by atoms with Crippen molar-refractivity contribution in [2.24, 2.45) is 17.8 Å². The molecule has 10 heteroatoms. The summed E-state index contributed by atoms with van der Waals surface area (Å²) < 4.78 is 21.0. The first kappa shape index (κ1) is 41.9. The zero-order chi connectivity index (χ0) is 44.9. The molecule has 0 fully saturated rings. The number of rotatable bonds is 5. The van der Waals surface area contributed by atoms with Gasteiger partial charge in [0.05, 0.1) is 0 Å². The number of hydrogen-bond acceptors (Lipinski definition) is 9. The van der Waals surface area contributed by atoms with Gasteiger partial charge in [0.2, 0.25) is 0 Å². The van der Waals surface area contributed by atoms with E-state index >= 15 is 0 Å². The SMILES string of the molecule is [B]c1c(O)cc(O)c2c1OC(c1ccc(O)c(O)c1)C(C)C2c1c(O)cc(O)c2c1OC(c1ccc(C)c(C)c1)C(C)C2c1ccc(C)c2c1OC(c1ccc(C)c(C)c1)C(C)C2. The van der Waals surface area contributed by atoms with Crippen LogP contribution in [-0.2, 0) is 6.42 Å². The fraction of sp³-hybridized carbons (Fsp3) is 0.321. The van der Waals surface area contributed by atoms with Gasteiger partial charge >= 0.3 is 0 Å². The van der Waals surface area contributed by atoms with Gasteiger partial charge in [0.25, 0.3) is 0 Å². The molecule has 63 heavy (non-hydrogen) atoms. The number of ether oxygens (including phenoxy) is 3. The second-order valence-electron chi connectivity index (χ2n) is 18.3. The van der Waals surface area contributed by atoms with Crippen LogP contribution in [0.4, 0.5) is 0 Å². The van der Waals surface area contributed by atoms with Gasteiger partial charge in [-0.3, -0.25) is 0 Å². The number of aromatic hydroxyl groups is 6. The van der Waals surface area contributed by atoms with E-state index in [2.05, 4.69) is 97.0 Å². The summed E-state index contributed by atoms with van der Waals surface area (Å²) in [6.45, 7) is 16.7. The molecular weight excluding hydrogens is 791 g/mol. The number of benzene rings is 6. The smallest absolute Gasteiger partial charge is 0.157 e. The van der Waals surface area contributed by atoms with E-state index in [9.17, 15) is 30.6 Å². The van der Waals surface area contributed by atoms with E-state index in [4.69, 9.17) is 22.1 Å². The predicted molar refractivity (Wildman–Crippen MR) is 243 cm³/mol. The molecule has 0 aliphatic carbocycles. The Labute approximate surface area is 369 Å². The third kappa shape index (κ3) is 6.77. The van der Waals surface area contributed by atoms with Crippen LogP contribution in [0.1, 0.15) is 123 Å². The molecule has 322 valence electrons. The van der Waals surface area contributed by atoms with Crippen molar-refractivity contribution < 1.29 is 44.8 Å². The fourth-order valence-corrected chi connectivity index (χ4v) is 10.5. The minimum Gasteiger partial charge on any atom is -0.508 e. The lowest BCUT2D eigenvalue weighted by Gasteiger charge is -2.44. The van der Waals surface area contributed by atoms with E-state index < -0.39 is 35.7 Å². The summed E-state index contributed by atoms with van der Waals surface area (Å²) in [4.78, 5) is 0. The van der Waals surface area contributed by atoms with Crippen molar-refractivity contribution in [3.63, 3.8) is 0 Å². The average molecular weight is 845 g/mol. The molecule has 0 amide bonds. The van der Waals surface area contributed by atoms with Crippen LogP contribution in [0, 0.1) is 52.4 Å². The van der Waals surface area contributed by atoms with Crippen LogP contribution >= 0.6 is 0 Å². The summed E-state index contributed by atoms with van der Waals surface area (Å²) in [5, 5.41) is 68.0. The van der Waals surface area contributed by atoms with E-state index in [0.29, 0.717) is 11.1 Å². The summed E-state index contributed by atoms with van der Waals surface area (Å²) in [7, 11) is 6.53. The Balaban J connectivity index is 1.30. The second kappa shape index (κ2) is 15.4. The van der Waals surface area contributed by atoms with Gasteiger partial charge in [0, 0.05) is 64.0 Å². The summed E-state index contributed by atoms with van der Waals surface area (Å²) in [5.74, 6) is -3.02. The van der Waals surface area contributed by atoms with Crippen molar-refractivity contribution in [2.75, 3.05) is 0 Å². The molecule has 0 bridgehead atoms. The van der Waals surface area contributed by atoms with Crippen molar-refractivity contribution in [1.29, 1.82) is 0 Å². The highest BCUT2D eigenvalue weighted by molar-refractivity contribution is 6.36. The highest BCUT2D eigenvalue weighted by atomic mass is 16.5. The van der Waals surface area contributed by atoms with Gasteiger partial charge in [0.1, 0.15) is 66.4 Å². The molecule has 6 aromatic rings. The normalized spacial score (nSPS) is 23.7. The molecule has 3 aliphatic heterocycles. The average Bonchev–Trinajstić information content (AvgIpc) is 3.24. The van der Waals surface area contributed by atoms with Crippen LogP contribution in [0.25, 0.3) is 0 Å². The third-order valence-electron chi connectivity index (χ3n) is 14.3. The maximum atomic E-state index is 12.3. The zero-order valence-electron chi connectivity index (χ0n) is 36.8. The van der Waals surface area contributed by atoms with E-state index in [-0.39, 0.29) is 74.8 Å². The first-order valence-corrected chi connectivity index (χ1v) is 21.7.